The van der Waals surface area contributed by atoms with E-state index in [9.17, 15) is 9.18 Å². The van der Waals surface area contributed by atoms with Gasteiger partial charge in [0.1, 0.15) is 11.6 Å². The predicted octanol–water partition coefficient (Wildman–Crippen LogP) is 2.53. The van der Waals surface area contributed by atoms with Crippen molar-refractivity contribution in [3.8, 4) is 5.75 Å². The smallest absolute Gasteiger partial charge is 0.228 e. The topological polar surface area (TPSA) is 64.3 Å². The van der Waals surface area contributed by atoms with Gasteiger partial charge in [0.2, 0.25) is 5.91 Å². The van der Waals surface area contributed by atoms with E-state index >= 15 is 0 Å². The lowest BCUT2D eigenvalue weighted by Gasteiger charge is -2.18. The van der Waals surface area contributed by atoms with Crippen LogP contribution >= 0.6 is 0 Å². The van der Waals surface area contributed by atoms with E-state index < -0.39 is 5.82 Å². The summed E-state index contributed by atoms with van der Waals surface area (Å²) in [5, 5.41) is 2.65. The molecule has 0 aliphatic rings. The van der Waals surface area contributed by atoms with Crippen LogP contribution in [0.1, 0.15) is 27.7 Å². The minimum Gasteiger partial charge on any atom is -0.489 e. The van der Waals surface area contributed by atoms with Crippen molar-refractivity contribution in [3.05, 3.63) is 24.0 Å². The van der Waals surface area contributed by atoms with Gasteiger partial charge in [0.25, 0.3) is 0 Å². The Morgan fingerprint density at radius 2 is 1.95 bits per heavy atom. The predicted molar refractivity (Wildman–Crippen MR) is 73.6 cm³/mol. The summed E-state index contributed by atoms with van der Waals surface area (Å²) in [6, 6.07) is 3.76. The van der Waals surface area contributed by atoms with E-state index in [2.05, 4.69) is 5.32 Å². The molecular formula is C14H21FN2O2. The lowest BCUT2D eigenvalue weighted by molar-refractivity contribution is -0.119. The number of nitrogens with one attached hydrogen (secondary N) is 1. The summed E-state index contributed by atoms with van der Waals surface area (Å²) in [7, 11) is 0. The van der Waals surface area contributed by atoms with Crippen LogP contribution in [0.15, 0.2) is 18.2 Å². The van der Waals surface area contributed by atoms with Gasteiger partial charge in [-0.15, -0.1) is 0 Å². The average molecular weight is 268 g/mol. The Kier molecular flexibility index (Phi) is 5.30. The molecule has 0 saturated carbocycles. The number of hydrogen-bond donors (Lipinski definition) is 2. The van der Waals surface area contributed by atoms with E-state index in [1.165, 1.54) is 18.2 Å². The molecule has 0 saturated heterocycles. The third kappa shape index (κ3) is 4.52. The Labute approximate surface area is 113 Å². The number of carbonyl (C=O) groups is 1. The third-order valence-corrected chi connectivity index (χ3v) is 2.76. The van der Waals surface area contributed by atoms with Crippen molar-refractivity contribution in [1.82, 2.24) is 0 Å². The highest BCUT2D eigenvalue weighted by molar-refractivity contribution is 5.94. The number of carbonyl (C=O) groups excluding carboxylic acids is 1. The molecule has 1 aromatic rings. The minimum absolute atomic E-state index is 0.0630. The second kappa shape index (κ2) is 6.52. The second-order valence-corrected chi connectivity index (χ2v) is 4.94. The van der Waals surface area contributed by atoms with Gasteiger partial charge in [-0.2, -0.15) is 0 Å². The molecule has 1 aromatic carbocycles. The molecule has 0 fully saturated rings. The van der Waals surface area contributed by atoms with Gasteiger partial charge >= 0.3 is 0 Å². The van der Waals surface area contributed by atoms with E-state index in [4.69, 9.17) is 10.5 Å². The zero-order chi connectivity index (χ0) is 14.6. The van der Waals surface area contributed by atoms with Crippen LogP contribution < -0.4 is 15.8 Å². The van der Waals surface area contributed by atoms with Crippen molar-refractivity contribution in [2.45, 2.75) is 39.8 Å². The molecule has 0 radical (unpaired) electrons. The molecule has 106 valence electrons. The molecular weight excluding hydrogens is 247 g/mol. The quantitative estimate of drug-likeness (QED) is 0.862. The Morgan fingerprint density at radius 1 is 1.32 bits per heavy atom. The maximum absolute atomic E-state index is 13.3. The molecule has 0 bridgehead atoms. The van der Waals surface area contributed by atoms with Gasteiger partial charge in [-0.1, -0.05) is 6.92 Å². The summed E-state index contributed by atoms with van der Waals surface area (Å²) in [6.45, 7) is 7.20. The van der Waals surface area contributed by atoms with Gasteiger partial charge in [0, 0.05) is 12.1 Å². The summed E-state index contributed by atoms with van der Waals surface area (Å²) in [6.07, 6.45) is -0.0630. The molecule has 4 nitrogen and oxygen atoms in total. The average Bonchev–Trinajstić information content (AvgIpc) is 2.31. The van der Waals surface area contributed by atoms with E-state index in [0.717, 1.165) is 0 Å². The monoisotopic (exact) mass is 268 g/mol. The van der Waals surface area contributed by atoms with Crippen LogP contribution in [0.25, 0.3) is 0 Å². The molecule has 1 rings (SSSR count). The number of ether oxygens (including phenoxy) is 1. The van der Waals surface area contributed by atoms with E-state index in [1.54, 1.807) is 13.8 Å². The van der Waals surface area contributed by atoms with Gasteiger partial charge in [-0.3, -0.25) is 4.79 Å². The minimum atomic E-state index is -0.431. The molecule has 0 aliphatic carbocycles. The molecule has 3 N–H and O–H groups in total. The first-order chi connectivity index (χ1) is 8.81. The molecule has 0 heterocycles. The molecule has 5 heteroatoms. The Morgan fingerprint density at radius 3 is 2.47 bits per heavy atom. The fraction of sp³-hybridized carbons (Fsp3) is 0.500. The first kappa shape index (κ1) is 15.4. The molecule has 1 amide bonds. The van der Waals surface area contributed by atoms with Crippen molar-refractivity contribution in [1.29, 1.82) is 0 Å². The van der Waals surface area contributed by atoms with Gasteiger partial charge < -0.3 is 15.8 Å². The van der Waals surface area contributed by atoms with Gasteiger partial charge in [0.15, 0.2) is 0 Å². The van der Waals surface area contributed by atoms with Crippen molar-refractivity contribution in [2.75, 3.05) is 5.32 Å². The Balaban J connectivity index is 2.92. The SMILES string of the molecule is CC(C)Oc1ccc(F)cc1NC(=O)C(C)C(C)N. The lowest BCUT2D eigenvalue weighted by atomic mass is 10.0. The number of nitrogens with two attached hydrogens (primary N) is 1. The lowest BCUT2D eigenvalue weighted by Crippen LogP contribution is -2.34. The summed E-state index contributed by atoms with van der Waals surface area (Å²) in [4.78, 5) is 11.9. The van der Waals surface area contributed by atoms with Crippen LogP contribution in [0.3, 0.4) is 0 Å². The maximum Gasteiger partial charge on any atom is 0.228 e. The number of benzene rings is 1. The standard InChI is InChI=1S/C14H21FN2O2/c1-8(2)19-13-6-5-11(15)7-12(13)17-14(18)9(3)10(4)16/h5-10H,16H2,1-4H3,(H,17,18). The van der Waals surface area contributed by atoms with Crippen molar-refractivity contribution < 1.29 is 13.9 Å². The van der Waals surface area contributed by atoms with E-state index in [1.807, 2.05) is 13.8 Å². The summed E-state index contributed by atoms with van der Waals surface area (Å²) < 4.78 is 18.8. The third-order valence-electron chi connectivity index (χ3n) is 2.76. The molecule has 2 atom stereocenters. The maximum atomic E-state index is 13.3. The molecule has 0 aromatic heterocycles. The van der Waals surface area contributed by atoms with E-state index in [-0.39, 0.29) is 24.0 Å². The molecule has 0 spiro atoms. The second-order valence-electron chi connectivity index (χ2n) is 4.94. The van der Waals surface area contributed by atoms with Crippen molar-refractivity contribution in [2.24, 2.45) is 11.7 Å². The fourth-order valence-electron chi connectivity index (χ4n) is 1.44. The first-order valence-electron chi connectivity index (χ1n) is 6.34. The zero-order valence-corrected chi connectivity index (χ0v) is 11.7. The number of hydrogen-bond acceptors (Lipinski definition) is 3. The summed E-state index contributed by atoms with van der Waals surface area (Å²) >= 11 is 0. The van der Waals surface area contributed by atoms with Crippen LogP contribution in [-0.2, 0) is 4.79 Å². The number of halogens is 1. The van der Waals surface area contributed by atoms with Crippen molar-refractivity contribution in [3.63, 3.8) is 0 Å². The normalized spacial score (nSPS) is 14.1. The van der Waals surface area contributed by atoms with Gasteiger partial charge in [-0.05, 0) is 32.9 Å². The highest BCUT2D eigenvalue weighted by Crippen LogP contribution is 2.27. The zero-order valence-electron chi connectivity index (χ0n) is 11.7. The van der Waals surface area contributed by atoms with Gasteiger partial charge in [-0.25, -0.2) is 4.39 Å². The Hall–Kier alpha value is -1.62. The number of amides is 1. The number of rotatable bonds is 5. The van der Waals surface area contributed by atoms with Crippen LogP contribution in [0.2, 0.25) is 0 Å². The summed E-state index contributed by atoms with van der Waals surface area (Å²) in [5.41, 5.74) is 6.00. The van der Waals surface area contributed by atoms with Crippen LogP contribution in [0, 0.1) is 11.7 Å². The molecule has 0 aliphatic heterocycles. The van der Waals surface area contributed by atoms with E-state index in [0.29, 0.717) is 11.4 Å². The van der Waals surface area contributed by atoms with Crippen molar-refractivity contribution >= 4 is 11.6 Å². The highest BCUT2D eigenvalue weighted by atomic mass is 19.1. The largest absolute Gasteiger partial charge is 0.489 e. The first-order valence-corrected chi connectivity index (χ1v) is 6.34. The van der Waals surface area contributed by atoms with Crippen LogP contribution in [0.5, 0.6) is 5.75 Å². The summed E-state index contributed by atoms with van der Waals surface area (Å²) in [5.74, 6) is -0.606. The van der Waals surface area contributed by atoms with Crippen LogP contribution in [0.4, 0.5) is 10.1 Å². The fourth-order valence-corrected chi connectivity index (χ4v) is 1.44. The Bertz CT molecular complexity index is 447. The highest BCUT2D eigenvalue weighted by Gasteiger charge is 2.19. The number of anilines is 1. The van der Waals surface area contributed by atoms with Gasteiger partial charge in [0.05, 0.1) is 17.7 Å². The van der Waals surface area contributed by atoms with Crippen LogP contribution in [-0.4, -0.2) is 18.1 Å². The molecule has 19 heavy (non-hydrogen) atoms. The molecule has 2 unspecified atom stereocenters.